The lowest BCUT2D eigenvalue weighted by Crippen LogP contribution is -2.51. The Hall–Kier alpha value is -1.59. The highest BCUT2D eigenvalue weighted by molar-refractivity contribution is 5.93. The molecule has 1 aliphatic carbocycles. The lowest BCUT2D eigenvalue weighted by Gasteiger charge is -2.37. The van der Waals surface area contributed by atoms with Crippen LogP contribution < -0.4 is 11.1 Å². The van der Waals surface area contributed by atoms with Crippen molar-refractivity contribution in [3.05, 3.63) is 23.8 Å². The van der Waals surface area contributed by atoms with Gasteiger partial charge in [0, 0.05) is 24.0 Å². The van der Waals surface area contributed by atoms with E-state index in [0.717, 1.165) is 37.2 Å². The zero-order valence-electron chi connectivity index (χ0n) is 12.5. The van der Waals surface area contributed by atoms with Gasteiger partial charge in [0.1, 0.15) is 0 Å². The minimum atomic E-state index is 0.0374. The van der Waals surface area contributed by atoms with Crippen LogP contribution in [0.25, 0.3) is 0 Å². The lowest BCUT2D eigenvalue weighted by atomic mass is 10.1. The van der Waals surface area contributed by atoms with Gasteiger partial charge in [-0.2, -0.15) is 0 Å². The summed E-state index contributed by atoms with van der Waals surface area (Å²) in [7, 11) is 0. The second kappa shape index (κ2) is 6.03. The Morgan fingerprint density at radius 1 is 1.48 bits per heavy atom. The molecule has 0 spiro atoms. The number of benzene rings is 1. The largest absolute Gasteiger partial charge is 0.399 e. The Morgan fingerprint density at radius 3 is 3.14 bits per heavy atom. The van der Waals surface area contributed by atoms with E-state index >= 15 is 0 Å². The van der Waals surface area contributed by atoms with Crippen LogP contribution in [0.15, 0.2) is 18.2 Å². The van der Waals surface area contributed by atoms with Gasteiger partial charge in [0.25, 0.3) is 0 Å². The Bertz CT molecular complexity index is 532. The molecule has 5 heteroatoms. The normalized spacial score (nSPS) is 25.6. The highest BCUT2D eigenvalue weighted by Gasteiger charge is 2.36. The smallest absolute Gasteiger partial charge is 0.238 e. The first-order valence-electron chi connectivity index (χ1n) is 7.65. The number of carbonyl (C=O) groups excluding carboxylic acids is 1. The van der Waals surface area contributed by atoms with Crippen molar-refractivity contribution >= 4 is 17.3 Å². The quantitative estimate of drug-likeness (QED) is 0.832. The van der Waals surface area contributed by atoms with Crippen LogP contribution in [-0.4, -0.2) is 42.6 Å². The van der Waals surface area contributed by atoms with Crippen molar-refractivity contribution in [1.82, 2.24) is 4.90 Å². The van der Waals surface area contributed by atoms with Gasteiger partial charge in [0.05, 0.1) is 19.3 Å². The maximum absolute atomic E-state index is 12.3. The fourth-order valence-corrected chi connectivity index (χ4v) is 3.40. The number of aryl methyl sites for hydroxylation is 1. The number of fused-ring (bicyclic) bond motifs is 1. The summed E-state index contributed by atoms with van der Waals surface area (Å²) < 4.78 is 5.78. The summed E-state index contributed by atoms with van der Waals surface area (Å²) in [5.74, 6) is 0.0374. The van der Waals surface area contributed by atoms with E-state index in [2.05, 4.69) is 10.2 Å². The van der Waals surface area contributed by atoms with Crippen molar-refractivity contribution in [1.29, 1.82) is 0 Å². The fraction of sp³-hybridized carbons (Fsp3) is 0.562. The van der Waals surface area contributed by atoms with Crippen LogP contribution in [0.1, 0.15) is 24.8 Å². The summed E-state index contributed by atoms with van der Waals surface area (Å²) in [6.45, 7) is 3.96. The highest BCUT2D eigenvalue weighted by Crippen LogP contribution is 2.29. The number of hydrogen-bond acceptors (Lipinski definition) is 4. The molecule has 0 radical (unpaired) electrons. The fourth-order valence-electron chi connectivity index (χ4n) is 3.40. The maximum Gasteiger partial charge on any atom is 0.238 e. The molecule has 1 aromatic carbocycles. The number of hydrogen-bond donors (Lipinski definition) is 2. The van der Waals surface area contributed by atoms with Crippen LogP contribution in [0.2, 0.25) is 0 Å². The predicted octanol–water partition coefficient (Wildman–Crippen LogP) is 1.77. The van der Waals surface area contributed by atoms with Crippen LogP contribution >= 0.6 is 0 Å². The number of carbonyl (C=O) groups is 1. The highest BCUT2D eigenvalue weighted by atomic mass is 16.5. The molecule has 2 atom stereocenters. The molecule has 1 aliphatic heterocycles. The number of ether oxygens (including phenoxy) is 1. The minimum absolute atomic E-state index is 0.0374. The summed E-state index contributed by atoms with van der Waals surface area (Å²) in [6.07, 6.45) is 3.79. The van der Waals surface area contributed by atoms with Gasteiger partial charge in [-0.1, -0.05) is 0 Å². The topological polar surface area (TPSA) is 67.6 Å². The Morgan fingerprint density at radius 2 is 2.33 bits per heavy atom. The van der Waals surface area contributed by atoms with Gasteiger partial charge < -0.3 is 15.8 Å². The monoisotopic (exact) mass is 289 g/mol. The van der Waals surface area contributed by atoms with E-state index in [0.29, 0.717) is 24.4 Å². The maximum atomic E-state index is 12.3. The van der Waals surface area contributed by atoms with E-state index in [1.54, 1.807) is 0 Å². The molecule has 2 aliphatic rings. The van der Waals surface area contributed by atoms with Crippen LogP contribution in [0.3, 0.4) is 0 Å². The summed E-state index contributed by atoms with van der Waals surface area (Å²) in [6, 6.07) is 5.96. The van der Waals surface area contributed by atoms with Crippen LogP contribution in [0, 0.1) is 6.92 Å². The molecule has 1 saturated carbocycles. The standard InChI is InChI=1S/C16H23N3O2/c1-11-9-12(17)5-6-13(11)18-16(20)10-19-7-8-21-15-4-2-3-14(15)19/h5-6,9,14-15H,2-4,7-8,10,17H2,1H3,(H,18,20). The van der Waals surface area contributed by atoms with Crippen molar-refractivity contribution in [2.75, 3.05) is 30.7 Å². The Balaban J connectivity index is 1.61. The van der Waals surface area contributed by atoms with Crippen molar-refractivity contribution in [2.24, 2.45) is 0 Å². The van der Waals surface area contributed by atoms with Crippen molar-refractivity contribution in [3.8, 4) is 0 Å². The zero-order valence-corrected chi connectivity index (χ0v) is 12.5. The summed E-state index contributed by atoms with van der Waals surface area (Å²) in [4.78, 5) is 14.5. The average molecular weight is 289 g/mol. The van der Waals surface area contributed by atoms with Crippen LogP contribution in [0.4, 0.5) is 11.4 Å². The van der Waals surface area contributed by atoms with E-state index in [4.69, 9.17) is 10.5 Å². The second-order valence-corrected chi connectivity index (χ2v) is 6.00. The van der Waals surface area contributed by atoms with E-state index in [1.807, 2.05) is 25.1 Å². The summed E-state index contributed by atoms with van der Waals surface area (Å²) >= 11 is 0. The molecule has 3 N–H and O–H groups in total. The lowest BCUT2D eigenvalue weighted by molar-refractivity contribution is -0.121. The number of morpholine rings is 1. The van der Waals surface area contributed by atoms with Gasteiger partial charge >= 0.3 is 0 Å². The number of anilines is 2. The Labute approximate surface area is 125 Å². The van der Waals surface area contributed by atoms with Crippen LogP contribution in [-0.2, 0) is 9.53 Å². The zero-order chi connectivity index (χ0) is 14.8. The van der Waals surface area contributed by atoms with Gasteiger partial charge in [-0.15, -0.1) is 0 Å². The first-order valence-corrected chi connectivity index (χ1v) is 7.65. The number of amides is 1. The number of nitrogens with one attached hydrogen (secondary N) is 1. The summed E-state index contributed by atoms with van der Waals surface area (Å²) in [5.41, 5.74) is 8.27. The SMILES string of the molecule is Cc1cc(N)ccc1NC(=O)CN1CCOC2CCCC21. The van der Waals surface area contributed by atoms with E-state index < -0.39 is 0 Å². The third-order valence-electron chi connectivity index (χ3n) is 4.47. The molecule has 21 heavy (non-hydrogen) atoms. The summed E-state index contributed by atoms with van der Waals surface area (Å²) in [5, 5.41) is 2.99. The molecule has 0 aromatic heterocycles. The van der Waals surface area contributed by atoms with Crippen LogP contribution in [0.5, 0.6) is 0 Å². The molecule has 1 saturated heterocycles. The minimum Gasteiger partial charge on any atom is -0.399 e. The molecule has 114 valence electrons. The molecule has 1 aromatic rings. The number of rotatable bonds is 3. The molecular formula is C16H23N3O2. The number of nitrogen functional groups attached to an aromatic ring is 1. The molecule has 3 rings (SSSR count). The molecule has 5 nitrogen and oxygen atoms in total. The first-order chi connectivity index (χ1) is 10.1. The molecule has 1 amide bonds. The van der Waals surface area contributed by atoms with E-state index in [9.17, 15) is 4.79 Å². The Kier molecular flexibility index (Phi) is 4.12. The molecule has 0 bridgehead atoms. The van der Waals surface area contributed by atoms with Gasteiger partial charge in [0.15, 0.2) is 0 Å². The molecular weight excluding hydrogens is 266 g/mol. The van der Waals surface area contributed by atoms with Gasteiger partial charge in [0.2, 0.25) is 5.91 Å². The molecule has 2 fully saturated rings. The first kappa shape index (κ1) is 14.4. The average Bonchev–Trinajstić information content (AvgIpc) is 2.91. The number of nitrogens with zero attached hydrogens (tertiary/aromatic N) is 1. The van der Waals surface area contributed by atoms with Crippen molar-refractivity contribution in [2.45, 2.75) is 38.3 Å². The molecule has 2 unspecified atom stereocenters. The van der Waals surface area contributed by atoms with E-state index in [1.165, 1.54) is 6.42 Å². The van der Waals surface area contributed by atoms with Crippen molar-refractivity contribution in [3.63, 3.8) is 0 Å². The predicted molar refractivity (Wildman–Crippen MR) is 83.2 cm³/mol. The number of nitrogens with two attached hydrogens (primary N) is 1. The van der Waals surface area contributed by atoms with Gasteiger partial charge in [-0.25, -0.2) is 0 Å². The van der Waals surface area contributed by atoms with Gasteiger partial charge in [-0.05, 0) is 49.9 Å². The third kappa shape index (κ3) is 3.19. The van der Waals surface area contributed by atoms with Gasteiger partial charge in [-0.3, -0.25) is 9.69 Å². The van der Waals surface area contributed by atoms with Crippen molar-refractivity contribution < 1.29 is 9.53 Å². The third-order valence-corrected chi connectivity index (χ3v) is 4.47. The molecule has 1 heterocycles. The second-order valence-electron chi connectivity index (χ2n) is 6.00. The van der Waals surface area contributed by atoms with E-state index in [-0.39, 0.29) is 5.91 Å².